The molecule has 6 N–H and O–H groups in total. The number of ether oxygens (including phenoxy) is 3. The Hall–Kier alpha value is -3.68. The lowest BCUT2D eigenvalue weighted by Gasteiger charge is -2.32. The minimum Gasteiger partial charge on any atom is -0.391 e. The maximum absolute atomic E-state index is 13.8. The van der Waals surface area contributed by atoms with Gasteiger partial charge in [-0.25, -0.2) is 0 Å². The molecule has 1 fully saturated rings. The fraction of sp³-hybridized carbons (Fsp3) is 0.429. The van der Waals surface area contributed by atoms with E-state index in [9.17, 15) is 30.0 Å². The monoisotopic (exact) mass is 634 g/mol. The van der Waals surface area contributed by atoms with Gasteiger partial charge in [0.2, 0.25) is 0 Å². The summed E-state index contributed by atoms with van der Waals surface area (Å²) in [5, 5.41) is 49.3. The van der Waals surface area contributed by atoms with Gasteiger partial charge in [0.25, 0.3) is 11.8 Å². The normalized spacial score (nSPS) is 23.9. The number of amides is 2. The van der Waals surface area contributed by atoms with Gasteiger partial charge in [-0.15, -0.1) is 0 Å². The Labute approximate surface area is 268 Å². The average Bonchev–Trinajstić information content (AvgIpc) is 3.66. The van der Waals surface area contributed by atoms with Crippen molar-refractivity contribution in [3.63, 3.8) is 0 Å². The van der Waals surface area contributed by atoms with Crippen molar-refractivity contribution in [3.8, 4) is 0 Å². The summed E-state index contributed by atoms with van der Waals surface area (Å²) in [5.41, 5.74) is 3.08. The molecule has 0 bridgehead atoms. The van der Waals surface area contributed by atoms with E-state index in [1.165, 1.54) is 0 Å². The first-order chi connectivity index (χ1) is 22.2. The van der Waals surface area contributed by atoms with Crippen LogP contribution < -0.4 is 10.6 Å². The fourth-order valence-electron chi connectivity index (χ4n) is 5.90. The molecule has 2 amide bonds. The Morgan fingerprint density at radius 3 is 1.87 bits per heavy atom. The quantitative estimate of drug-likeness (QED) is 0.153. The van der Waals surface area contributed by atoms with E-state index in [1.54, 1.807) is 55.5 Å². The molecule has 46 heavy (non-hydrogen) atoms. The lowest BCUT2D eigenvalue weighted by Crippen LogP contribution is -2.57. The number of carbonyl (C=O) groups is 2. The van der Waals surface area contributed by atoms with Crippen molar-refractivity contribution >= 4 is 11.8 Å². The van der Waals surface area contributed by atoms with Crippen LogP contribution in [0.4, 0.5) is 0 Å². The summed E-state index contributed by atoms with van der Waals surface area (Å²) in [4.78, 5) is 27.3. The molecule has 246 valence electrons. The Kier molecular flexibility index (Phi) is 11.5. The molecule has 2 aliphatic rings. The molecule has 0 aromatic heterocycles. The van der Waals surface area contributed by atoms with Gasteiger partial charge in [-0.1, -0.05) is 84.9 Å². The van der Waals surface area contributed by atoms with Crippen molar-refractivity contribution in [2.24, 2.45) is 0 Å². The highest BCUT2D eigenvalue weighted by Crippen LogP contribution is 2.31. The lowest BCUT2D eigenvalue weighted by atomic mass is 9.99. The smallest absolute Gasteiger partial charge is 0.252 e. The Morgan fingerprint density at radius 2 is 1.33 bits per heavy atom. The highest BCUT2D eigenvalue weighted by molar-refractivity contribution is 5.84. The van der Waals surface area contributed by atoms with E-state index >= 15 is 0 Å². The number of aliphatic hydroxyl groups excluding tert-OH is 4. The van der Waals surface area contributed by atoms with Crippen molar-refractivity contribution in [3.05, 3.63) is 107 Å². The maximum Gasteiger partial charge on any atom is 0.252 e. The molecule has 11 nitrogen and oxygen atoms in total. The second-order valence-electron chi connectivity index (χ2n) is 11.9. The van der Waals surface area contributed by atoms with E-state index < -0.39 is 66.6 Å². The summed E-state index contributed by atoms with van der Waals surface area (Å²) in [7, 11) is 0. The van der Waals surface area contributed by atoms with Crippen LogP contribution in [-0.4, -0.2) is 87.6 Å². The molecule has 3 unspecified atom stereocenters. The van der Waals surface area contributed by atoms with Crippen molar-refractivity contribution in [1.82, 2.24) is 10.6 Å². The van der Waals surface area contributed by atoms with Crippen molar-refractivity contribution in [1.29, 1.82) is 0 Å². The molecule has 3 aromatic carbocycles. The molecule has 1 heterocycles. The molecule has 1 aliphatic carbocycles. The predicted octanol–water partition coefficient (Wildman–Crippen LogP) is 1.31. The van der Waals surface area contributed by atoms with Gasteiger partial charge in [0.05, 0.1) is 50.2 Å². The first kappa shape index (κ1) is 33.7. The Morgan fingerprint density at radius 1 is 0.804 bits per heavy atom. The van der Waals surface area contributed by atoms with Crippen LogP contribution in [-0.2, 0) is 43.4 Å². The third-order valence-electron chi connectivity index (χ3n) is 8.45. The summed E-state index contributed by atoms with van der Waals surface area (Å²) in [5.74, 6) is -1.49. The number of benzene rings is 3. The molecular formula is C35H42N2O9. The zero-order valence-electron chi connectivity index (χ0n) is 25.6. The molecule has 11 heteroatoms. The maximum atomic E-state index is 13.8. The topological polar surface area (TPSA) is 167 Å². The Bertz CT molecular complexity index is 1420. The SMILES string of the molecule is CC(O)C1CC(NC(=O)[C@H](OCc2ccccc2)[C@H](O)[C@@H](O)[C@@H](OCc2ccccc2)C(=O)N[C@H]2c3ccccc3C[C@H]2O)CO1. The van der Waals surface area contributed by atoms with Gasteiger partial charge in [-0.05, 0) is 35.6 Å². The highest BCUT2D eigenvalue weighted by atomic mass is 16.5. The fourth-order valence-corrected chi connectivity index (χ4v) is 5.90. The van der Waals surface area contributed by atoms with E-state index in [1.807, 2.05) is 36.4 Å². The van der Waals surface area contributed by atoms with Crippen LogP contribution in [0.15, 0.2) is 84.9 Å². The second kappa shape index (κ2) is 15.7. The number of rotatable bonds is 14. The number of nitrogens with one attached hydrogen (secondary N) is 2. The van der Waals surface area contributed by atoms with Crippen LogP contribution >= 0.6 is 0 Å². The van der Waals surface area contributed by atoms with Crippen LogP contribution in [0.25, 0.3) is 0 Å². The van der Waals surface area contributed by atoms with Gasteiger partial charge in [0, 0.05) is 6.42 Å². The third kappa shape index (κ3) is 8.37. The van der Waals surface area contributed by atoms with E-state index in [0.717, 1.165) is 22.3 Å². The van der Waals surface area contributed by atoms with Crippen LogP contribution in [0.5, 0.6) is 0 Å². The highest BCUT2D eigenvalue weighted by Gasteiger charge is 2.43. The lowest BCUT2D eigenvalue weighted by molar-refractivity contribution is -0.171. The minimum atomic E-state index is -1.91. The van der Waals surface area contributed by atoms with Gasteiger partial charge in [-0.3, -0.25) is 9.59 Å². The molecule has 0 spiro atoms. The van der Waals surface area contributed by atoms with Crippen LogP contribution in [0, 0.1) is 0 Å². The molecule has 1 aliphatic heterocycles. The van der Waals surface area contributed by atoms with E-state index in [4.69, 9.17) is 14.2 Å². The third-order valence-corrected chi connectivity index (χ3v) is 8.45. The molecule has 5 rings (SSSR count). The van der Waals surface area contributed by atoms with E-state index in [0.29, 0.717) is 12.8 Å². The largest absolute Gasteiger partial charge is 0.391 e. The summed E-state index contributed by atoms with van der Waals surface area (Å²) in [6.07, 6.45) is -8.44. The van der Waals surface area contributed by atoms with Gasteiger partial charge in [0.1, 0.15) is 12.2 Å². The summed E-state index contributed by atoms with van der Waals surface area (Å²) in [6, 6.07) is 24.2. The first-order valence-corrected chi connectivity index (χ1v) is 15.5. The Balaban J connectivity index is 1.36. The summed E-state index contributed by atoms with van der Waals surface area (Å²) < 4.78 is 17.4. The molecule has 1 saturated heterocycles. The number of hydrogen-bond acceptors (Lipinski definition) is 9. The molecule has 0 radical (unpaired) electrons. The van der Waals surface area contributed by atoms with Crippen molar-refractivity contribution < 1.29 is 44.2 Å². The first-order valence-electron chi connectivity index (χ1n) is 15.5. The number of aliphatic hydroxyl groups is 4. The van der Waals surface area contributed by atoms with Gasteiger partial charge < -0.3 is 45.3 Å². The molecule has 9 atom stereocenters. The van der Waals surface area contributed by atoms with Gasteiger partial charge >= 0.3 is 0 Å². The van der Waals surface area contributed by atoms with E-state index in [2.05, 4.69) is 10.6 Å². The predicted molar refractivity (Wildman–Crippen MR) is 167 cm³/mol. The van der Waals surface area contributed by atoms with Crippen LogP contribution in [0.1, 0.15) is 41.6 Å². The number of hydrogen-bond donors (Lipinski definition) is 6. The molecular weight excluding hydrogens is 592 g/mol. The van der Waals surface area contributed by atoms with Gasteiger partial charge in [-0.2, -0.15) is 0 Å². The number of fused-ring (bicyclic) bond motifs is 1. The second-order valence-corrected chi connectivity index (χ2v) is 11.9. The van der Waals surface area contributed by atoms with Gasteiger partial charge in [0.15, 0.2) is 12.2 Å². The summed E-state index contributed by atoms with van der Waals surface area (Å²) in [6.45, 7) is 1.62. The van der Waals surface area contributed by atoms with Crippen molar-refractivity contribution in [2.45, 2.75) is 87.8 Å². The minimum absolute atomic E-state index is 0.0625. The van der Waals surface area contributed by atoms with E-state index in [-0.39, 0.29) is 19.8 Å². The number of carbonyl (C=O) groups excluding carboxylic acids is 2. The average molecular weight is 635 g/mol. The summed E-state index contributed by atoms with van der Waals surface area (Å²) >= 11 is 0. The van der Waals surface area contributed by atoms with Crippen LogP contribution in [0.2, 0.25) is 0 Å². The molecule has 3 aromatic rings. The standard InChI is InChI=1S/C35H42N2O9/c1-21(38)28-17-25(20-44-28)36-34(42)32(45-18-22-10-4-2-5-11-22)30(40)31(41)33(46-19-23-12-6-3-7-13-23)35(43)37-29-26-15-9-8-14-24(26)16-27(29)39/h2-15,21,25,27-33,38-41H,16-20H2,1H3,(H,36,42)(H,37,43)/t21?,25?,27-,28?,29+,30-,31-,32-,33-/m1/s1. The zero-order valence-corrected chi connectivity index (χ0v) is 25.6. The van der Waals surface area contributed by atoms with Crippen LogP contribution in [0.3, 0.4) is 0 Å². The zero-order chi connectivity index (χ0) is 32.6. The molecule has 0 saturated carbocycles. The van der Waals surface area contributed by atoms with Crippen molar-refractivity contribution in [2.75, 3.05) is 6.61 Å².